The van der Waals surface area contributed by atoms with Gasteiger partial charge in [-0.25, -0.2) is 4.39 Å². The van der Waals surface area contributed by atoms with Gasteiger partial charge in [-0.2, -0.15) is 0 Å². The maximum atomic E-state index is 13.3. The largest absolute Gasteiger partial charge is 0.384 e. The van der Waals surface area contributed by atoms with Gasteiger partial charge in [0.15, 0.2) is 0 Å². The smallest absolute Gasteiger partial charge is 0.131 e. The molecule has 1 aliphatic rings. The summed E-state index contributed by atoms with van der Waals surface area (Å²) in [7, 11) is 0. The van der Waals surface area contributed by atoms with Crippen molar-refractivity contribution >= 4 is 5.69 Å². The summed E-state index contributed by atoms with van der Waals surface area (Å²) in [5.41, 5.74) is 2.56. The summed E-state index contributed by atoms with van der Waals surface area (Å²) in [6.07, 6.45) is 0.822. The molecular formula is C9H10FN. The fourth-order valence-electron chi connectivity index (χ4n) is 1.47. The van der Waals surface area contributed by atoms with Gasteiger partial charge in [0.1, 0.15) is 5.82 Å². The summed E-state index contributed by atoms with van der Waals surface area (Å²) in [6.45, 7) is 2.67. The van der Waals surface area contributed by atoms with E-state index in [0.29, 0.717) is 0 Å². The monoisotopic (exact) mass is 151 g/mol. The Morgan fingerprint density at radius 3 is 3.09 bits per heavy atom. The topological polar surface area (TPSA) is 12.0 Å². The van der Waals surface area contributed by atoms with Crippen molar-refractivity contribution in [3.05, 3.63) is 29.1 Å². The number of fused-ring (bicyclic) bond motifs is 1. The number of rotatable bonds is 0. The van der Waals surface area contributed by atoms with E-state index in [1.54, 1.807) is 6.92 Å². The molecule has 11 heavy (non-hydrogen) atoms. The summed E-state index contributed by atoms with van der Waals surface area (Å²) in [4.78, 5) is 0. The highest BCUT2D eigenvalue weighted by atomic mass is 19.1. The Hall–Kier alpha value is -1.05. The van der Waals surface area contributed by atoms with Crippen LogP contribution in [0.4, 0.5) is 10.1 Å². The third-order valence-corrected chi connectivity index (χ3v) is 2.13. The van der Waals surface area contributed by atoms with Crippen molar-refractivity contribution in [2.75, 3.05) is 11.9 Å². The normalized spacial score (nSPS) is 14.4. The fraction of sp³-hybridized carbons (Fsp3) is 0.333. The molecule has 1 heterocycles. The van der Waals surface area contributed by atoms with Gasteiger partial charge in [0.2, 0.25) is 0 Å². The summed E-state index contributed by atoms with van der Waals surface area (Å²) in [5.74, 6) is -0.0347. The molecular weight excluding hydrogens is 141 g/mol. The first-order valence-corrected chi connectivity index (χ1v) is 3.81. The van der Waals surface area contributed by atoms with Crippen LogP contribution in [-0.4, -0.2) is 6.54 Å². The molecule has 0 amide bonds. The lowest BCUT2D eigenvalue weighted by atomic mass is 10.1. The standard InChI is InChI=1S/C9H10FN/c1-6-2-3-8-7(9(6)10)4-5-11-8/h2-3,11H,4-5H2,1H3. The van der Waals surface area contributed by atoms with Crippen LogP contribution in [0, 0.1) is 12.7 Å². The molecule has 0 spiro atoms. The lowest BCUT2D eigenvalue weighted by molar-refractivity contribution is 0.606. The van der Waals surface area contributed by atoms with Gasteiger partial charge in [-0.1, -0.05) is 6.07 Å². The summed E-state index contributed by atoms with van der Waals surface area (Å²) >= 11 is 0. The van der Waals surface area contributed by atoms with E-state index in [0.717, 1.165) is 29.8 Å². The van der Waals surface area contributed by atoms with E-state index in [9.17, 15) is 4.39 Å². The quantitative estimate of drug-likeness (QED) is 0.598. The SMILES string of the molecule is Cc1ccc2c(c1F)CCN2. The van der Waals surface area contributed by atoms with Crippen LogP contribution in [0.25, 0.3) is 0 Å². The van der Waals surface area contributed by atoms with Gasteiger partial charge in [-0.05, 0) is 25.0 Å². The van der Waals surface area contributed by atoms with Gasteiger partial charge in [-0.3, -0.25) is 0 Å². The summed E-state index contributed by atoms with van der Waals surface area (Å²) in [5, 5.41) is 3.13. The molecule has 1 nitrogen and oxygen atoms in total. The van der Waals surface area contributed by atoms with E-state index in [2.05, 4.69) is 5.32 Å². The van der Waals surface area contributed by atoms with Gasteiger partial charge in [0, 0.05) is 17.8 Å². The number of benzene rings is 1. The Labute approximate surface area is 65.2 Å². The second kappa shape index (κ2) is 2.22. The van der Waals surface area contributed by atoms with Crippen molar-refractivity contribution in [1.29, 1.82) is 0 Å². The fourth-order valence-corrected chi connectivity index (χ4v) is 1.47. The lowest BCUT2D eigenvalue weighted by Gasteiger charge is -2.02. The molecule has 2 heteroatoms. The molecule has 0 bridgehead atoms. The molecule has 0 aromatic heterocycles. The van der Waals surface area contributed by atoms with Gasteiger partial charge in [0.05, 0.1) is 0 Å². The minimum Gasteiger partial charge on any atom is -0.384 e. The van der Waals surface area contributed by atoms with Crippen LogP contribution >= 0.6 is 0 Å². The Bertz CT molecular complexity index is 294. The first kappa shape index (κ1) is 6.65. The molecule has 0 unspecified atom stereocenters. The molecule has 58 valence electrons. The maximum absolute atomic E-state index is 13.3. The number of halogens is 1. The number of hydrogen-bond donors (Lipinski definition) is 1. The second-order valence-electron chi connectivity index (χ2n) is 2.90. The van der Waals surface area contributed by atoms with Crippen molar-refractivity contribution < 1.29 is 4.39 Å². The molecule has 1 aliphatic heterocycles. The second-order valence-corrected chi connectivity index (χ2v) is 2.90. The van der Waals surface area contributed by atoms with Crippen LogP contribution in [0.5, 0.6) is 0 Å². The van der Waals surface area contributed by atoms with Crippen molar-refractivity contribution in [3.8, 4) is 0 Å². The Morgan fingerprint density at radius 1 is 1.45 bits per heavy atom. The van der Waals surface area contributed by atoms with E-state index >= 15 is 0 Å². The van der Waals surface area contributed by atoms with Crippen LogP contribution in [0.1, 0.15) is 11.1 Å². The van der Waals surface area contributed by atoms with Gasteiger partial charge in [0.25, 0.3) is 0 Å². The molecule has 0 atom stereocenters. The maximum Gasteiger partial charge on any atom is 0.131 e. The average Bonchev–Trinajstić information content (AvgIpc) is 2.45. The van der Waals surface area contributed by atoms with Crippen LogP contribution < -0.4 is 5.32 Å². The summed E-state index contributed by atoms with van der Waals surface area (Å²) in [6, 6.07) is 3.76. The first-order chi connectivity index (χ1) is 5.29. The van der Waals surface area contributed by atoms with Crippen LogP contribution in [0.15, 0.2) is 12.1 Å². The Morgan fingerprint density at radius 2 is 2.27 bits per heavy atom. The number of hydrogen-bond acceptors (Lipinski definition) is 1. The third-order valence-electron chi connectivity index (χ3n) is 2.13. The Kier molecular flexibility index (Phi) is 1.34. The molecule has 0 aliphatic carbocycles. The van der Waals surface area contributed by atoms with Gasteiger partial charge in [-0.15, -0.1) is 0 Å². The lowest BCUT2D eigenvalue weighted by Crippen LogP contribution is -1.90. The zero-order valence-electron chi connectivity index (χ0n) is 6.45. The Balaban J connectivity index is 2.62. The molecule has 2 rings (SSSR count). The third kappa shape index (κ3) is 0.897. The molecule has 0 radical (unpaired) electrons. The number of aryl methyl sites for hydroxylation is 1. The highest BCUT2D eigenvalue weighted by molar-refractivity contribution is 5.57. The van der Waals surface area contributed by atoms with E-state index in [1.165, 1.54) is 0 Å². The minimum atomic E-state index is -0.0347. The van der Waals surface area contributed by atoms with Gasteiger partial charge >= 0.3 is 0 Å². The zero-order valence-corrected chi connectivity index (χ0v) is 6.45. The van der Waals surface area contributed by atoms with Crippen LogP contribution in [0.3, 0.4) is 0 Å². The van der Waals surface area contributed by atoms with Crippen molar-refractivity contribution in [3.63, 3.8) is 0 Å². The first-order valence-electron chi connectivity index (χ1n) is 3.81. The van der Waals surface area contributed by atoms with Crippen molar-refractivity contribution in [1.82, 2.24) is 0 Å². The van der Waals surface area contributed by atoms with E-state index in [1.807, 2.05) is 12.1 Å². The number of anilines is 1. The van der Waals surface area contributed by atoms with Crippen molar-refractivity contribution in [2.24, 2.45) is 0 Å². The molecule has 0 saturated heterocycles. The highest BCUT2D eigenvalue weighted by Gasteiger charge is 2.15. The number of nitrogens with one attached hydrogen (secondary N) is 1. The molecule has 1 N–H and O–H groups in total. The predicted octanol–water partition coefficient (Wildman–Crippen LogP) is 2.10. The molecule has 1 aromatic rings. The van der Waals surface area contributed by atoms with Crippen molar-refractivity contribution in [2.45, 2.75) is 13.3 Å². The van der Waals surface area contributed by atoms with E-state index < -0.39 is 0 Å². The molecule has 0 fully saturated rings. The molecule has 1 aromatic carbocycles. The van der Waals surface area contributed by atoms with Crippen LogP contribution in [0.2, 0.25) is 0 Å². The zero-order chi connectivity index (χ0) is 7.84. The van der Waals surface area contributed by atoms with Gasteiger partial charge < -0.3 is 5.32 Å². The highest BCUT2D eigenvalue weighted by Crippen LogP contribution is 2.26. The van der Waals surface area contributed by atoms with E-state index in [-0.39, 0.29) is 5.82 Å². The van der Waals surface area contributed by atoms with E-state index in [4.69, 9.17) is 0 Å². The minimum absolute atomic E-state index is 0.0347. The van der Waals surface area contributed by atoms with Crippen LogP contribution in [-0.2, 0) is 6.42 Å². The molecule has 0 saturated carbocycles. The summed E-state index contributed by atoms with van der Waals surface area (Å²) < 4.78 is 13.3. The predicted molar refractivity (Wildman–Crippen MR) is 43.3 cm³/mol. The average molecular weight is 151 g/mol.